The van der Waals surface area contributed by atoms with Gasteiger partial charge >= 0.3 is 11.3 Å². The maximum absolute atomic E-state index is 12.1. The van der Waals surface area contributed by atoms with Crippen molar-refractivity contribution in [2.24, 2.45) is 0 Å². The van der Waals surface area contributed by atoms with Gasteiger partial charge in [-0.25, -0.2) is 14.7 Å². The minimum absolute atomic E-state index is 0.0508. The highest BCUT2D eigenvalue weighted by Crippen LogP contribution is 2.27. The third kappa shape index (κ3) is 3.72. The average molecular weight is 387 g/mol. The fraction of sp³-hybridized carbons (Fsp3) is 0.421. The lowest BCUT2D eigenvalue weighted by Gasteiger charge is -2.11. The lowest BCUT2D eigenvalue weighted by atomic mass is 10.0. The standard InChI is InChI=1S/C19H21N3O4S/c1-11-6-15-13(8-17(23)26-16(15)7-12(11)2)10-27-19-21-20-18(24)22(19)9-14-4-3-5-25-14/h6-8,14H,3-5,9-10H2,1-2H3,(H,20,24). The molecule has 1 saturated heterocycles. The maximum Gasteiger partial charge on any atom is 0.344 e. The van der Waals surface area contributed by atoms with Crippen molar-refractivity contribution in [3.05, 3.63) is 55.8 Å². The number of H-pyrrole nitrogens is 1. The average Bonchev–Trinajstić information content (AvgIpc) is 3.26. The number of hydrogen-bond donors (Lipinski definition) is 1. The Kier molecular flexibility index (Phi) is 4.92. The second-order valence-corrected chi connectivity index (χ2v) is 7.81. The molecule has 1 fully saturated rings. The fourth-order valence-corrected chi connectivity index (χ4v) is 4.26. The molecule has 1 aliphatic heterocycles. The molecule has 7 nitrogen and oxygen atoms in total. The van der Waals surface area contributed by atoms with Gasteiger partial charge in [-0.05, 0) is 55.5 Å². The molecule has 27 heavy (non-hydrogen) atoms. The summed E-state index contributed by atoms with van der Waals surface area (Å²) in [6.45, 7) is 5.26. The Labute approximate surface area is 159 Å². The number of hydrogen-bond acceptors (Lipinski definition) is 6. The van der Waals surface area contributed by atoms with Crippen molar-refractivity contribution >= 4 is 22.7 Å². The third-order valence-electron chi connectivity index (χ3n) is 4.93. The topological polar surface area (TPSA) is 90.1 Å². The van der Waals surface area contributed by atoms with Crippen LogP contribution in [-0.2, 0) is 17.0 Å². The molecule has 2 aromatic heterocycles. The molecule has 3 heterocycles. The van der Waals surface area contributed by atoms with Gasteiger partial charge in [0.05, 0.1) is 12.6 Å². The normalized spacial score (nSPS) is 17.0. The molecule has 0 saturated carbocycles. The van der Waals surface area contributed by atoms with Crippen LogP contribution in [0.1, 0.15) is 29.5 Å². The Morgan fingerprint density at radius 1 is 1.26 bits per heavy atom. The molecular weight excluding hydrogens is 366 g/mol. The minimum atomic E-state index is -0.375. The summed E-state index contributed by atoms with van der Waals surface area (Å²) < 4.78 is 12.6. The fourth-order valence-electron chi connectivity index (χ4n) is 3.31. The first kappa shape index (κ1) is 18.1. The van der Waals surface area contributed by atoms with Crippen molar-refractivity contribution in [3.8, 4) is 0 Å². The first-order valence-corrected chi connectivity index (χ1v) is 9.93. The van der Waals surface area contributed by atoms with E-state index in [1.807, 2.05) is 26.0 Å². The van der Waals surface area contributed by atoms with Crippen molar-refractivity contribution in [1.82, 2.24) is 14.8 Å². The van der Waals surface area contributed by atoms with Crippen LogP contribution in [0.4, 0.5) is 0 Å². The summed E-state index contributed by atoms with van der Waals surface area (Å²) in [6.07, 6.45) is 2.02. The molecular formula is C19H21N3O4S. The Morgan fingerprint density at radius 3 is 2.85 bits per heavy atom. The van der Waals surface area contributed by atoms with Gasteiger partial charge in [0.25, 0.3) is 0 Å². The van der Waals surface area contributed by atoms with E-state index < -0.39 is 0 Å². The van der Waals surface area contributed by atoms with Crippen molar-refractivity contribution < 1.29 is 9.15 Å². The van der Waals surface area contributed by atoms with Gasteiger partial charge in [0.2, 0.25) is 0 Å². The summed E-state index contributed by atoms with van der Waals surface area (Å²) in [5, 5.41) is 8.16. The van der Waals surface area contributed by atoms with Gasteiger partial charge < -0.3 is 9.15 Å². The molecule has 1 aromatic carbocycles. The second-order valence-electron chi connectivity index (χ2n) is 6.87. The highest BCUT2D eigenvalue weighted by Gasteiger charge is 2.20. The Bertz CT molecular complexity index is 1090. The van der Waals surface area contributed by atoms with Gasteiger partial charge in [0.15, 0.2) is 5.16 Å². The Hall–Kier alpha value is -2.32. The lowest BCUT2D eigenvalue weighted by molar-refractivity contribution is 0.0941. The van der Waals surface area contributed by atoms with Crippen molar-refractivity contribution in [2.45, 2.75) is 50.2 Å². The maximum atomic E-state index is 12.1. The largest absolute Gasteiger partial charge is 0.423 e. The van der Waals surface area contributed by atoms with Crippen LogP contribution < -0.4 is 11.3 Å². The van der Waals surface area contributed by atoms with Crippen LogP contribution in [0.2, 0.25) is 0 Å². The number of aromatic amines is 1. The monoisotopic (exact) mass is 387 g/mol. The third-order valence-corrected chi connectivity index (χ3v) is 5.96. The van der Waals surface area contributed by atoms with Gasteiger partial charge in [-0.2, -0.15) is 0 Å². The molecule has 1 aliphatic rings. The smallest absolute Gasteiger partial charge is 0.344 e. The number of ether oxygens (including phenoxy) is 1. The molecule has 142 valence electrons. The molecule has 1 atom stereocenters. The first-order valence-electron chi connectivity index (χ1n) is 8.95. The number of fused-ring (bicyclic) bond motifs is 1. The number of aryl methyl sites for hydroxylation is 2. The number of rotatable bonds is 5. The molecule has 1 unspecified atom stereocenters. The summed E-state index contributed by atoms with van der Waals surface area (Å²) in [5.74, 6) is 0.514. The summed E-state index contributed by atoms with van der Waals surface area (Å²) >= 11 is 1.42. The Balaban J connectivity index is 1.62. The van der Waals surface area contributed by atoms with Gasteiger partial charge in [0.1, 0.15) is 5.58 Å². The van der Waals surface area contributed by atoms with E-state index in [-0.39, 0.29) is 17.4 Å². The second kappa shape index (κ2) is 7.36. The molecule has 0 aliphatic carbocycles. The summed E-state index contributed by atoms with van der Waals surface area (Å²) in [6, 6.07) is 5.44. The van der Waals surface area contributed by atoms with E-state index in [4.69, 9.17) is 9.15 Å². The van der Waals surface area contributed by atoms with E-state index in [0.29, 0.717) is 23.0 Å². The highest BCUT2D eigenvalue weighted by atomic mass is 32.2. The Morgan fingerprint density at radius 2 is 2.07 bits per heavy atom. The van der Waals surface area contributed by atoms with Crippen LogP contribution in [0.5, 0.6) is 0 Å². The molecule has 3 aromatic rings. The predicted octanol–water partition coefficient (Wildman–Crippen LogP) is 2.77. The molecule has 4 rings (SSSR count). The number of nitrogens with zero attached hydrogens (tertiary/aromatic N) is 2. The van der Waals surface area contributed by atoms with Gasteiger partial charge in [-0.1, -0.05) is 11.8 Å². The predicted molar refractivity (Wildman–Crippen MR) is 103 cm³/mol. The number of benzene rings is 1. The minimum Gasteiger partial charge on any atom is -0.423 e. The van der Waals surface area contributed by atoms with Gasteiger partial charge in [-0.15, -0.1) is 5.10 Å². The van der Waals surface area contributed by atoms with Crippen LogP contribution in [0.3, 0.4) is 0 Å². The van der Waals surface area contributed by atoms with E-state index in [0.717, 1.165) is 41.5 Å². The SMILES string of the molecule is Cc1cc2oc(=O)cc(CSc3n[nH]c(=O)n3CC3CCCO3)c2cc1C. The van der Waals surface area contributed by atoms with Crippen LogP contribution in [-0.4, -0.2) is 27.5 Å². The van der Waals surface area contributed by atoms with Crippen LogP contribution >= 0.6 is 11.8 Å². The van der Waals surface area contributed by atoms with E-state index in [1.165, 1.54) is 17.8 Å². The molecule has 0 bridgehead atoms. The molecule has 1 N–H and O–H groups in total. The lowest BCUT2D eigenvalue weighted by Crippen LogP contribution is -2.24. The zero-order valence-corrected chi connectivity index (χ0v) is 16.1. The van der Waals surface area contributed by atoms with Gasteiger partial charge in [-0.3, -0.25) is 4.57 Å². The van der Waals surface area contributed by atoms with Crippen LogP contribution in [0.15, 0.2) is 37.4 Å². The van der Waals surface area contributed by atoms with Crippen molar-refractivity contribution in [3.63, 3.8) is 0 Å². The van der Waals surface area contributed by atoms with Crippen molar-refractivity contribution in [1.29, 1.82) is 0 Å². The molecule has 0 radical (unpaired) electrons. The first-order chi connectivity index (χ1) is 13.0. The quantitative estimate of drug-likeness (QED) is 0.535. The summed E-state index contributed by atoms with van der Waals surface area (Å²) in [4.78, 5) is 24.0. The summed E-state index contributed by atoms with van der Waals surface area (Å²) in [5.41, 5.74) is 3.05. The molecule has 8 heteroatoms. The van der Waals surface area contributed by atoms with Crippen molar-refractivity contribution in [2.75, 3.05) is 6.61 Å². The number of nitrogens with one attached hydrogen (secondary N) is 1. The number of aromatic nitrogens is 3. The van der Waals surface area contributed by atoms with E-state index >= 15 is 0 Å². The highest BCUT2D eigenvalue weighted by molar-refractivity contribution is 7.98. The number of thioether (sulfide) groups is 1. The zero-order chi connectivity index (χ0) is 19.0. The van der Waals surface area contributed by atoms with E-state index in [2.05, 4.69) is 10.2 Å². The zero-order valence-electron chi connectivity index (χ0n) is 15.3. The van der Waals surface area contributed by atoms with Crippen LogP contribution in [0, 0.1) is 13.8 Å². The van der Waals surface area contributed by atoms with E-state index in [9.17, 15) is 9.59 Å². The van der Waals surface area contributed by atoms with E-state index in [1.54, 1.807) is 4.57 Å². The molecule has 0 spiro atoms. The molecule has 0 amide bonds. The van der Waals surface area contributed by atoms with Gasteiger partial charge in [0, 0.05) is 23.8 Å². The van der Waals surface area contributed by atoms with Crippen LogP contribution in [0.25, 0.3) is 11.0 Å². The summed E-state index contributed by atoms with van der Waals surface area (Å²) in [7, 11) is 0.